The maximum atomic E-state index is 4.02. The van der Waals surface area contributed by atoms with Gasteiger partial charge >= 0.3 is 0 Å². The molecule has 5 aliphatic carbocycles. The first-order chi connectivity index (χ1) is 17.7. The lowest BCUT2D eigenvalue weighted by Crippen LogP contribution is -2.12. The molecule has 0 nitrogen and oxygen atoms in total. The van der Waals surface area contributed by atoms with Crippen LogP contribution in [0.4, 0.5) is 0 Å². The fourth-order valence-corrected chi connectivity index (χ4v) is 7.39. The van der Waals surface area contributed by atoms with Crippen molar-refractivity contribution in [2.24, 2.45) is 47.3 Å². The summed E-state index contributed by atoms with van der Waals surface area (Å²) in [6.07, 6.45) is 42.5. The van der Waals surface area contributed by atoms with E-state index in [1.54, 1.807) is 0 Å². The number of hydrogen-bond donors (Lipinski definition) is 0. The lowest BCUT2D eigenvalue weighted by atomic mass is 9.86. The summed E-state index contributed by atoms with van der Waals surface area (Å²) in [7, 11) is 0. The second kappa shape index (κ2) is 16.3. The van der Waals surface area contributed by atoms with E-state index in [1.807, 2.05) is 6.08 Å². The molecule has 8 atom stereocenters. The number of fused-ring (bicyclic) bond motifs is 6. The van der Waals surface area contributed by atoms with Crippen LogP contribution >= 0.6 is 0 Å². The monoisotopic (exact) mass is 488 g/mol. The SMILES string of the molecule is C1=CC2C3C=CC(C3)C2C1.C=CC1CC(/C=C/CCCCCC)C2C=CCC12.C=CCCCCCC. The molecule has 2 saturated carbocycles. The van der Waals surface area contributed by atoms with Gasteiger partial charge in [-0.1, -0.05) is 113 Å². The van der Waals surface area contributed by atoms with Gasteiger partial charge in [0.1, 0.15) is 0 Å². The first-order valence-electron chi connectivity index (χ1n) is 15.6. The molecule has 200 valence electrons. The van der Waals surface area contributed by atoms with Gasteiger partial charge in [-0.3, -0.25) is 0 Å². The molecule has 0 heteroatoms. The molecule has 0 amide bonds. The molecule has 0 aromatic carbocycles. The van der Waals surface area contributed by atoms with E-state index < -0.39 is 0 Å². The molecule has 0 heterocycles. The van der Waals surface area contributed by atoms with Gasteiger partial charge in [-0.25, -0.2) is 0 Å². The molecular weight excluding hydrogens is 432 g/mol. The molecule has 5 rings (SSSR count). The number of hydrogen-bond acceptors (Lipinski definition) is 0. The molecular formula is C36H56. The highest BCUT2D eigenvalue weighted by Crippen LogP contribution is 2.52. The lowest BCUT2D eigenvalue weighted by molar-refractivity contribution is 0.398. The average molecular weight is 489 g/mol. The van der Waals surface area contributed by atoms with E-state index in [9.17, 15) is 0 Å². The number of allylic oxidation sites excluding steroid dienone is 10. The summed E-state index contributed by atoms with van der Waals surface area (Å²) in [6, 6.07) is 0. The van der Waals surface area contributed by atoms with Crippen LogP contribution in [0.3, 0.4) is 0 Å². The van der Waals surface area contributed by atoms with E-state index >= 15 is 0 Å². The molecule has 0 radical (unpaired) electrons. The summed E-state index contributed by atoms with van der Waals surface area (Å²) in [5, 5.41) is 0. The molecule has 2 bridgehead atoms. The smallest absolute Gasteiger partial charge is 0.0133 e. The molecule has 2 fully saturated rings. The first kappa shape index (κ1) is 29.0. The van der Waals surface area contributed by atoms with Gasteiger partial charge in [0.05, 0.1) is 0 Å². The maximum absolute atomic E-state index is 4.02. The van der Waals surface area contributed by atoms with Gasteiger partial charge in [-0.05, 0) is 98.7 Å². The van der Waals surface area contributed by atoms with Crippen molar-refractivity contribution in [3.8, 4) is 0 Å². The Balaban J connectivity index is 0.000000168. The van der Waals surface area contributed by atoms with E-state index in [-0.39, 0.29) is 0 Å². The van der Waals surface area contributed by atoms with E-state index in [2.05, 4.69) is 81.7 Å². The van der Waals surface area contributed by atoms with Crippen LogP contribution in [0.15, 0.2) is 73.9 Å². The van der Waals surface area contributed by atoms with Gasteiger partial charge in [0.15, 0.2) is 0 Å². The summed E-state index contributed by atoms with van der Waals surface area (Å²) < 4.78 is 0. The largest absolute Gasteiger partial charge is 0.103 e. The zero-order valence-electron chi connectivity index (χ0n) is 23.7. The van der Waals surface area contributed by atoms with Crippen molar-refractivity contribution in [2.45, 2.75) is 104 Å². The molecule has 36 heavy (non-hydrogen) atoms. The van der Waals surface area contributed by atoms with Crippen LogP contribution in [-0.2, 0) is 0 Å². The van der Waals surface area contributed by atoms with Crippen molar-refractivity contribution in [3.63, 3.8) is 0 Å². The van der Waals surface area contributed by atoms with Crippen molar-refractivity contribution >= 4 is 0 Å². The van der Waals surface area contributed by atoms with Gasteiger partial charge in [-0.2, -0.15) is 0 Å². The summed E-state index contributed by atoms with van der Waals surface area (Å²) in [5.74, 6) is 7.02. The van der Waals surface area contributed by atoms with Crippen LogP contribution in [0.25, 0.3) is 0 Å². The lowest BCUT2D eigenvalue weighted by Gasteiger charge is -2.18. The van der Waals surface area contributed by atoms with Gasteiger partial charge < -0.3 is 0 Å². The van der Waals surface area contributed by atoms with Crippen molar-refractivity contribution in [3.05, 3.63) is 73.9 Å². The second-order valence-electron chi connectivity index (χ2n) is 12.0. The van der Waals surface area contributed by atoms with E-state index in [0.29, 0.717) is 0 Å². The molecule has 0 spiro atoms. The number of rotatable bonds is 12. The normalized spacial score (nSPS) is 34.3. The molecule has 0 N–H and O–H groups in total. The Labute approximate surface area is 224 Å². The van der Waals surface area contributed by atoms with Gasteiger partial charge in [0, 0.05) is 0 Å². The van der Waals surface area contributed by atoms with Crippen LogP contribution in [0.2, 0.25) is 0 Å². The number of unbranched alkanes of at least 4 members (excludes halogenated alkanes) is 8. The minimum atomic E-state index is 0.750. The zero-order chi connectivity index (χ0) is 25.6. The summed E-state index contributed by atoms with van der Waals surface area (Å²) in [4.78, 5) is 0. The van der Waals surface area contributed by atoms with E-state index in [0.717, 1.165) is 47.3 Å². The van der Waals surface area contributed by atoms with Gasteiger partial charge in [-0.15, -0.1) is 13.2 Å². The average Bonchev–Trinajstić information content (AvgIpc) is 3.71. The third kappa shape index (κ3) is 8.22. The van der Waals surface area contributed by atoms with Crippen molar-refractivity contribution in [2.75, 3.05) is 0 Å². The highest BCUT2D eigenvalue weighted by atomic mass is 14.5. The molecule has 0 saturated heterocycles. The standard InChI is InChI=1S/C18H28.C10H12.C8H16/c1-3-5-6-7-8-9-11-16-14-15(4-2)17-12-10-13-18(16)17;1-2-9-7-4-5-8(6-7)10(9)3-1;1-3-5-7-8-6-4-2/h4,9-11,13,15-18H,2-3,5-8,12,14H2,1H3;1-2,4-5,7-10H,3,6H2;3H,1,4-8H2,2H3/b11-9+;;. The molecule has 8 unspecified atom stereocenters. The third-order valence-electron chi connectivity index (χ3n) is 9.48. The fraction of sp³-hybridized carbons (Fsp3) is 0.667. The molecule has 5 aliphatic rings. The van der Waals surface area contributed by atoms with Crippen LogP contribution in [-0.4, -0.2) is 0 Å². The molecule has 0 aromatic rings. The Morgan fingerprint density at radius 2 is 1.33 bits per heavy atom. The summed E-state index contributed by atoms with van der Waals surface area (Å²) in [5.41, 5.74) is 0. The maximum Gasteiger partial charge on any atom is -0.0133 e. The summed E-state index contributed by atoms with van der Waals surface area (Å²) >= 11 is 0. The highest BCUT2D eigenvalue weighted by molar-refractivity contribution is 5.21. The van der Waals surface area contributed by atoms with Gasteiger partial charge in [0.25, 0.3) is 0 Å². The Hall–Kier alpha value is -1.56. The van der Waals surface area contributed by atoms with Crippen LogP contribution in [0.5, 0.6) is 0 Å². The Bertz CT molecular complexity index is 748. The Morgan fingerprint density at radius 1 is 0.667 bits per heavy atom. The first-order valence-corrected chi connectivity index (χ1v) is 15.6. The topological polar surface area (TPSA) is 0 Å². The highest BCUT2D eigenvalue weighted by Gasteiger charge is 2.44. The van der Waals surface area contributed by atoms with Crippen LogP contribution in [0, 0.1) is 47.3 Å². The van der Waals surface area contributed by atoms with Crippen molar-refractivity contribution in [1.29, 1.82) is 0 Å². The van der Waals surface area contributed by atoms with Gasteiger partial charge in [0.2, 0.25) is 0 Å². The van der Waals surface area contributed by atoms with Crippen molar-refractivity contribution < 1.29 is 0 Å². The summed E-state index contributed by atoms with van der Waals surface area (Å²) in [6.45, 7) is 12.2. The Kier molecular flexibility index (Phi) is 13.1. The van der Waals surface area contributed by atoms with E-state index in [1.165, 1.54) is 89.9 Å². The van der Waals surface area contributed by atoms with E-state index in [4.69, 9.17) is 0 Å². The molecule has 0 aromatic heterocycles. The predicted octanol–water partition coefficient (Wildman–Crippen LogP) is 11.1. The van der Waals surface area contributed by atoms with Crippen LogP contribution in [0.1, 0.15) is 104 Å². The van der Waals surface area contributed by atoms with Crippen molar-refractivity contribution in [1.82, 2.24) is 0 Å². The zero-order valence-corrected chi connectivity index (χ0v) is 23.7. The fourth-order valence-electron chi connectivity index (χ4n) is 7.39. The molecule has 0 aliphatic heterocycles. The quantitative estimate of drug-likeness (QED) is 0.189. The minimum Gasteiger partial charge on any atom is -0.103 e. The predicted molar refractivity (Wildman–Crippen MR) is 161 cm³/mol. The van der Waals surface area contributed by atoms with Crippen LogP contribution < -0.4 is 0 Å². The second-order valence-corrected chi connectivity index (χ2v) is 12.0. The third-order valence-corrected chi connectivity index (χ3v) is 9.48. The minimum absolute atomic E-state index is 0.750. The Morgan fingerprint density at radius 3 is 2.00 bits per heavy atom.